The fourth-order valence-electron chi connectivity index (χ4n) is 2.25. The largest absolute Gasteiger partial charge is 0.497 e. The highest BCUT2D eigenvalue weighted by molar-refractivity contribution is 6.01. The summed E-state index contributed by atoms with van der Waals surface area (Å²) in [5.41, 5.74) is 1.77. The first-order valence-corrected chi connectivity index (χ1v) is 8.00. The zero-order valence-electron chi connectivity index (χ0n) is 14.2. The normalized spacial score (nSPS) is 10.5. The number of hydrogen-bond acceptors (Lipinski definition) is 5. The van der Waals surface area contributed by atoms with Crippen LogP contribution < -0.4 is 15.4 Å². The van der Waals surface area contributed by atoms with Crippen LogP contribution in [0.3, 0.4) is 0 Å². The molecule has 1 heterocycles. The van der Waals surface area contributed by atoms with Crippen molar-refractivity contribution >= 4 is 29.3 Å². The molecule has 26 heavy (non-hydrogen) atoms. The van der Waals surface area contributed by atoms with Gasteiger partial charge in [0.05, 0.1) is 7.11 Å². The average molecular weight is 346 g/mol. The Labute approximate surface area is 151 Å². The maximum absolute atomic E-state index is 12.0. The number of ether oxygens (including phenoxy) is 1. The third kappa shape index (κ3) is 4.91. The summed E-state index contributed by atoms with van der Waals surface area (Å²) in [6.07, 6.45) is 4.59. The van der Waals surface area contributed by atoms with Crippen LogP contribution in [0.25, 0.3) is 6.08 Å². The summed E-state index contributed by atoms with van der Waals surface area (Å²) in [6.45, 7) is 0. The Morgan fingerprint density at radius 3 is 2.62 bits per heavy atom. The molecule has 0 aliphatic heterocycles. The molecule has 2 N–H and O–H groups in total. The van der Waals surface area contributed by atoms with Crippen LogP contribution in [-0.2, 0) is 4.79 Å². The second-order valence-corrected chi connectivity index (χ2v) is 5.38. The lowest BCUT2D eigenvalue weighted by Crippen LogP contribution is -2.09. The Hall–Kier alpha value is -3.67. The van der Waals surface area contributed by atoms with E-state index < -0.39 is 0 Å². The van der Waals surface area contributed by atoms with Gasteiger partial charge in [-0.2, -0.15) is 0 Å². The SMILES string of the molecule is COc1cccc(Nc2cc(NC(=O)/C=C/c3ccccc3)ncn2)c1. The molecule has 0 atom stereocenters. The number of nitrogens with zero attached hydrogens (tertiary/aromatic N) is 2. The summed E-state index contributed by atoms with van der Waals surface area (Å²) in [4.78, 5) is 20.3. The molecule has 1 aromatic heterocycles. The lowest BCUT2D eigenvalue weighted by Gasteiger charge is -2.08. The van der Waals surface area contributed by atoms with Crippen molar-refractivity contribution in [1.29, 1.82) is 0 Å². The molecule has 6 heteroatoms. The number of methoxy groups -OCH3 is 1. The topological polar surface area (TPSA) is 76.1 Å². The summed E-state index contributed by atoms with van der Waals surface area (Å²) in [6, 6.07) is 18.7. The van der Waals surface area contributed by atoms with Crippen molar-refractivity contribution < 1.29 is 9.53 Å². The number of benzene rings is 2. The van der Waals surface area contributed by atoms with Gasteiger partial charge in [-0.25, -0.2) is 9.97 Å². The minimum Gasteiger partial charge on any atom is -0.497 e. The molecule has 0 saturated heterocycles. The number of carbonyl (C=O) groups is 1. The molecule has 0 spiro atoms. The van der Waals surface area contributed by atoms with Crippen LogP contribution in [0.5, 0.6) is 5.75 Å². The van der Waals surface area contributed by atoms with Gasteiger partial charge in [-0.05, 0) is 23.8 Å². The van der Waals surface area contributed by atoms with E-state index in [4.69, 9.17) is 4.74 Å². The predicted molar refractivity (Wildman–Crippen MR) is 102 cm³/mol. The number of carbonyl (C=O) groups excluding carboxylic acids is 1. The van der Waals surface area contributed by atoms with Crippen LogP contribution >= 0.6 is 0 Å². The highest BCUT2D eigenvalue weighted by atomic mass is 16.5. The van der Waals surface area contributed by atoms with Gasteiger partial charge >= 0.3 is 0 Å². The molecule has 130 valence electrons. The summed E-state index contributed by atoms with van der Waals surface area (Å²) in [5, 5.41) is 5.87. The summed E-state index contributed by atoms with van der Waals surface area (Å²) in [5.74, 6) is 1.45. The highest BCUT2D eigenvalue weighted by Gasteiger charge is 2.03. The molecule has 0 aliphatic rings. The van der Waals surface area contributed by atoms with E-state index in [0.717, 1.165) is 17.0 Å². The van der Waals surface area contributed by atoms with Gasteiger partial charge in [-0.15, -0.1) is 0 Å². The molecule has 0 saturated carbocycles. The number of rotatable bonds is 6. The molecular weight excluding hydrogens is 328 g/mol. The van der Waals surface area contributed by atoms with E-state index in [1.165, 1.54) is 12.4 Å². The molecule has 0 bridgehead atoms. The Kier molecular flexibility index (Phi) is 5.57. The van der Waals surface area contributed by atoms with Crippen LogP contribution in [-0.4, -0.2) is 23.0 Å². The van der Waals surface area contributed by atoms with Crippen LogP contribution in [0.1, 0.15) is 5.56 Å². The van der Waals surface area contributed by atoms with Crippen molar-refractivity contribution in [3.63, 3.8) is 0 Å². The molecule has 0 fully saturated rings. The monoisotopic (exact) mass is 346 g/mol. The van der Waals surface area contributed by atoms with Gasteiger partial charge in [0, 0.05) is 23.9 Å². The highest BCUT2D eigenvalue weighted by Crippen LogP contribution is 2.21. The van der Waals surface area contributed by atoms with Gasteiger partial charge in [0.2, 0.25) is 5.91 Å². The minimum atomic E-state index is -0.264. The fourth-order valence-corrected chi connectivity index (χ4v) is 2.25. The van der Waals surface area contributed by atoms with Gasteiger partial charge in [0.25, 0.3) is 0 Å². The summed E-state index contributed by atoms with van der Waals surface area (Å²) in [7, 11) is 1.61. The molecular formula is C20H18N4O2. The minimum absolute atomic E-state index is 0.264. The van der Waals surface area contributed by atoms with Crippen molar-refractivity contribution in [2.24, 2.45) is 0 Å². The molecule has 1 amide bonds. The molecule has 2 aromatic carbocycles. The Bertz CT molecular complexity index is 910. The van der Waals surface area contributed by atoms with Crippen molar-refractivity contribution in [3.05, 3.63) is 78.6 Å². The van der Waals surface area contributed by atoms with Crippen molar-refractivity contribution in [3.8, 4) is 5.75 Å². The van der Waals surface area contributed by atoms with Crippen LogP contribution in [0.4, 0.5) is 17.3 Å². The standard InChI is InChI=1S/C20H18N4O2/c1-26-17-9-5-8-16(12-17)23-18-13-19(22-14-21-18)24-20(25)11-10-15-6-3-2-4-7-15/h2-14H,1H3,(H2,21,22,23,24,25)/b11-10+. The van der Waals surface area contributed by atoms with Crippen LogP contribution in [0.2, 0.25) is 0 Å². The Morgan fingerprint density at radius 2 is 1.81 bits per heavy atom. The van der Waals surface area contributed by atoms with E-state index in [1.54, 1.807) is 19.3 Å². The first-order chi connectivity index (χ1) is 12.7. The van der Waals surface area contributed by atoms with E-state index in [-0.39, 0.29) is 5.91 Å². The summed E-state index contributed by atoms with van der Waals surface area (Å²) < 4.78 is 5.19. The van der Waals surface area contributed by atoms with E-state index in [1.807, 2.05) is 54.6 Å². The molecule has 6 nitrogen and oxygen atoms in total. The van der Waals surface area contributed by atoms with Crippen molar-refractivity contribution in [1.82, 2.24) is 9.97 Å². The van der Waals surface area contributed by atoms with E-state index in [9.17, 15) is 4.79 Å². The van der Waals surface area contributed by atoms with E-state index >= 15 is 0 Å². The number of anilines is 3. The Morgan fingerprint density at radius 1 is 1.00 bits per heavy atom. The van der Waals surface area contributed by atoms with Gasteiger partial charge in [0.1, 0.15) is 23.7 Å². The van der Waals surface area contributed by atoms with Crippen LogP contribution in [0, 0.1) is 0 Å². The lowest BCUT2D eigenvalue weighted by molar-refractivity contribution is -0.111. The molecule has 0 unspecified atom stereocenters. The third-order valence-electron chi connectivity index (χ3n) is 3.49. The summed E-state index contributed by atoms with van der Waals surface area (Å²) >= 11 is 0. The van der Waals surface area contributed by atoms with Crippen LogP contribution in [0.15, 0.2) is 73.1 Å². The fraction of sp³-hybridized carbons (Fsp3) is 0.0500. The zero-order chi connectivity index (χ0) is 18.2. The lowest BCUT2D eigenvalue weighted by atomic mass is 10.2. The van der Waals surface area contributed by atoms with Gasteiger partial charge in [-0.1, -0.05) is 36.4 Å². The number of aromatic nitrogens is 2. The number of amides is 1. The molecule has 0 radical (unpaired) electrons. The van der Waals surface area contributed by atoms with E-state index in [2.05, 4.69) is 20.6 Å². The zero-order valence-corrected chi connectivity index (χ0v) is 14.2. The quantitative estimate of drug-likeness (QED) is 0.663. The van der Waals surface area contributed by atoms with E-state index in [0.29, 0.717) is 11.6 Å². The average Bonchev–Trinajstić information content (AvgIpc) is 2.68. The number of hydrogen-bond donors (Lipinski definition) is 2. The van der Waals surface area contributed by atoms with Gasteiger partial charge in [0.15, 0.2) is 0 Å². The second-order valence-electron chi connectivity index (χ2n) is 5.38. The smallest absolute Gasteiger partial charge is 0.249 e. The van der Waals surface area contributed by atoms with Gasteiger partial charge in [-0.3, -0.25) is 4.79 Å². The first-order valence-electron chi connectivity index (χ1n) is 8.00. The predicted octanol–water partition coefficient (Wildman–Crippen LogP) is 3.88. The molecule has 0 aliphatic carbocycles. The molecule has 3 rings (SSSR count). The maximum atomic E-state index is 12.0. The van der Waals surface area contributed by atoms with Crippen molar-refractivity contribution in [2.75, 3.05) is 17.7 Å². The van der Waals surface area contributed by atoms with Gasteiger partial charge < -0.3 is 15.4 Å². The Balaban J connectivity index is 1.65. The second kappa shape index (κ2) is 8.43. The number of nitrogens with one attached hydrogen (secondary N) is 2. The molecule has 3 aromatic rings. The first kappa shape index (κ1) is 17.2. The maximum Gasteiger partial charge on any atom is 0.249 e. The third-order valence-corrected chi connectivity index (χ3v) is 3.49. The van der Waals surface area contributed by atoms with Crippen molar-refractivity contribution in [2.45, 2.75) is 0 Å².